The monoisotopic (exact) mass is 316 g/mol. The first kappa shape index (κ1) is 9.75. The van der Waals surface area contributed by atoms with Crippen molar-refractivity contribution in [2.45, 2.75) is 37.9 Å². The van der Waals surface area contributed by atoms with E-state index in [9.17, 15) is 0 Å². The molecular formula is C12H13IO2. The van der Waals surface area contributed by atoms with E-state index in [1.54, 1.807) is 0 Å². The van der Waals surface area contributed by atoms with Crippen LogP contribution in [0, 0.1) is 3.57 Å². The van der Waals surface area contributed by atoms with E-state index in [1.165, 1.54) is 19.3 Å². The lowest BCUT2D eigenvalue weighted by Crippen LogP contribution is -2.40. The molecule has 0 aromatic heterocycles. The lowest BCUT2D eigenvalue weighted by atomic mass is 9.94. The average molecular weight is 316 g/mol. The van der Waals surface area contributed by atoms with Gasteiger partial charge in [-0.2, -0.15) is 0 Å². The Hall–Kier alpha value is -0.450. The van der Waals surface area contributed by atoms with E-state index in [4.69, 9.17) is 9.47 Å². The van der Waals surface area contributed by atoms with Crippen molar-refractivity contribution in [3.05, 3.63) is 21.8 Å². The molecule has 0 N–H and O–H groups in total. The fraction of sp³-hybridized carbons (Fsp3) is 0.500. The van der Waals surface area contributed by atoms with E-state index in [2.05, 4.69) is 28.7 Å². The summed E-state index contributed by atoms with van der Waals surface area (Å²) < 4.78 is 13.2. The molecule has 0 bridgehead atoms. The van der Waals surface area contributed by atoms with Gasteiger partial charge in [0.15, 0.2) is 11.5 Å². The summed E-state index contributed by atoms with van der Waals surface area (Å²) in [6.07, 6.45) is 5.78. The third kappa shape index (κ3) is 1.61. The highest BCUT2D eigenvalue weighted by atomic mass is 127. The molecule has 0 unspecified atom stereocenters. The highest BCUT2D eigenvalue weighted by Crippen LogP contribution is 2.47. The first-order valence-electron chi connectivity index (χ1n) is 5.46. The maximum Gasteiger partial charge on any atom is 0.251 e. The van der Waals surface area contributed by atoms with Gasteiger partial charge in [0.05, 0.1) is 3.57 Å². The van der Waals surface area contributed by atoms with Crippen molar-refractivity contribution in [1.29, 1.82) is 0 Å². The van der Waals surface area contributed by atoms with Crippen LogP contribution in [-0.4, -0.2) is 5.79 Å². The zero-order valence-electron chi connectivity index (χ0n) is 8.46. The van der Waals surface area contributed by atoms with Crippen molar-refractivity contribution in [3.63, 3.8) is 0 Å². The Labute approximate surface area is 103 Å². The van der Waals surface area contributed by atoms with Crippen LogP contribution in [0.5, 0.6) is 11.5 Å². The van der Waals surface area contributed by atoms with Crippen LogP contribution in [-0.2, 0) is 0 Å². The molecule has 2 aliphatic rings. The van der Waals surface area contributed by atoms with Gasteiger partial charge in [0.25, 0.3) is 5.79 Å². The molecule has 2 nitrogen and oxygen atoms in total. The van der Waals surface area contributed by atoms with Gasteiger partial charge in [-0.25, -0.2) is 0 Å². The molecule has 15 heavy (non-hydrogen) atoms. The molecule has 1 aromatic carbocycles. The fourth-order valence-electron chi connectivity index (χ4n) is 2.37. The molecule has 1 saturated carbocycles. The Bertz CT molecular complexity index is 383. The standard InChI is InChI=1S/C12H13IO2/c13-9-5-4-6-10-11(9)15-12(14-10)7-2-1-3-8-12/h4-6H,1-3,7-8H2. The average Bonchev–Trinajstić information content (AvgIpc) is 2.59. The van der Waals surface area contributed by atoms with E-state index >= 15 is 0 Å². The lowest BCUT2D eigenvalue weighted by Gasteiger charge is -2.31. The molecule has 1 aliphatic carbocycles. The first-order chi connectivity index (χ1) is 7.29. The molecule has 0 saturated heterocycles. The number of hydrogen-bond donors (Lipinski definition) is 0. The van der Waals surface area contributed by atoms with Crippen LogP contribution in [0.4, 0.5) is 0 Å². The van der Waals surface area contributed by atoms with Crippen LogP contribution in [0.2, 0.25) is 0 Å². The number of rotatable bonds is 0. The summed E-state index contributed by atoms with van der Waals surface area (Å²) >= 11 is 2.30. The Morgan fingerprint density at radius 3 is 2.60 bits per heavy atom. The highest BCUT2D eigenvalue weighted by molar-refractivity contribution is 14.1. The van der Waals surface area contributed by atoms with Crippen LogP contribution in [0.15, 0.2) is 18.2 Å². The Morgan fingerprint density at radius 2 is 1.87 bits per heavy atom. The second-order valence-electron chi connectivity index (χ2n) is 4.24. The topological polar surface area (TPSA) is 18.5 Å². The number of benzene rings is 1. The molecule has 1 heterocycles. The summed E-state index contributed by atoms with van der Waals surface area (Å²) in [7, 11) is 0. The number of ether oxygens (including phenoxy) is 2. The van der Waals surface area contributed by atoms with Crippen LogP contribution in [0.1, 0.15) is 32.1 Å². The molecule has 1 fully saturated rings. The molecule has 0 radical (unpaired) electrons. The van der Waals surface area contributed by atoms with Gasteiger partial charge in [-0.15, -0.1) is 0 Å². The minimum atomic E-state index is -0.331. The maximum atomic E-state index is 6.04. The first-order valence-corrected chi connectivity index (χ1v) is 6.54. The maximum absolute atomic E-state index is 6.04. The van der Waals surface area contributed by atoms with Crippen molar-refractivity contribution < 1.29 is 9.47 Å². The van der Waals surface area contributed by atoms with Gasteiger partial charge >= 0.3 is 0 Å². The summed E-state index contributed by atoms with van der Waals surface area (Å²) in [5.74, 6) is 1.53. The van der Waals surface area contributed by atoms with E-state index in [1.807, 2.05) is 12.1 Å². The molecule has 1 spiro atoms. The summed E-state index contributed by atoms with van der Waals surface area (Å²) in [6.45, 7) is 0. The minimum Gasteiger partial charge on any atom is -0.448 e. The second-order valence-corrected chi connectivity index (χ2v) is 5.40. The zero-order chi connectivity index (χ0) is 10.3. The Morgan fingerprint density at radius 1 is 1.07 bits per heavy atom. The van der Waals surface area contributed by atoms with Crippen molar-refractivity contribution in [1.82, 2.24) is 0 Å². The highest BCUT2D eigenvalue weighted by Gasteiger charge is 2.42. The fourth-order valence-corrected chi connectivity index (χ4v) is 2.95. The van der Waals surface area contributed by atoms with E-state index in [0.717, 1.165) is 27.9 Å². The smallest absolute Gasteiger partial charge is 0.251 e. The molecule has 3 rings (SSSR count). The van der Waals surface area contributed by atoms with Gasteiger partial charge < -0.3 is 9.47 Å². The summed E-state index contributed by atoms with van der Waals surface area (Å²) in [5, 5.41) is 0. The molecule has 1 aromatic rings. The van der Waals surface area contributed by atoms with Gasteiger partial charge in [0.1, 0.15) is 0 Å². The number of hydrogen-bond acceptors (Lipinski definition) is 2. The third-order valence-electron chi connectivity index (χ3n) is 3.13. The van der Waals surface area contributed by atoms with Crippen molar-refractivity contribution in [2.24, 2.45) is 0 Å². The largest absolute Gasteiger partial charge is 0.448 e. The molecule has 1 aliphatic heterocycles. The molecule has 0 amide bonds. The zero-order valence-corrected chi connectivity index (χ0v) is 10.6. The Balaban J connectivity index is 1.94. The van der Waals surface area contributed by atoms with E-state index in [0.29, 0.717) is 0 Å². The van der Waals surface area contributed by atoms with Gasteiger partial charge in [0, 0.05) is 12.8 Å². The van der Waals surface area contributed by atoms with Crippen molar-refractivity contribution in [3.8, 4) is 11.5 Å². The third-order valence-corrected chi connectivity index (χ3v) is 3.98. The minimum absolute atomic E-state index is 0.331. The lowest BCUT2D eigenvalue weighted by molar-refractivity contribution is -0.105. The number of para-hydroxylation sites is 1. The van der Waals surface area contributed by atoms with E-state index < -0.39 is 0 Å². The molecule has 80 valence electrons. The van der Waals surface area contributed by atoms with Crippen LogP contribution >= 0.6 is 22.6 Å². The predicted molar refractivity (Wildman–Crippen MR) is 66.2 cm³/mol. The van der Waals surface area contributed by atoms with Crippen molar-refractivity contribution in [2.75, 3.05) is 0 Å². The number of fused-ring (bicyclic) bond motifs is 1. The molecular weight excluding hydrogens is 303 g/mol. The SMILES string of the molecule is Ic1cccc2c1OC1(CCCCC1)O2. The molecule has 0 atom stereocenters. The van der Waals surface area contributed by atoms with Crippen molar-refractivity contribution >= 4 is 22.6 Å². The Kier molecular flexibility index (Phi) is 2.30. The quantitative estimate of drug-likeness (QED) is 0.679. The van der Waals surface area contributed by atoms with Gasteiger partial charge in [0.2, 0.25) is 0 Å². The van der Waals surface area contributed by atoms with Crippen LogP contribution < -0.4 is 9.47 Å². The second kappa shape index (κ2) is 3.54. The molecule has 3 heteroatoms. The van der Waals surface area contributed by atoms with Gasteiger partial charge in [-0.1, -0.05) is 12.5 Å². The van der Waals surface area contributed by atoms with Crippen LogP contribution in [0.3, 0.4) is 0 Å². The number of halogens is 1. The summed E-state index contributed by atoms with van der Waals surface area (Å²) in [6, 6.07) is 6.08. The van der Waals surface area contributed by atoms with Gasteiger partial charge in [-0.05, 0) is 47.6 Å². The van der Waals surface area contributed by atoms with Crippen LogP contribution in [0.25, 0.3) is 0 Å². The summed E-state index contributed by atoms with van der Waals surface area (Å²) in [5.41, 5.74) is 0. The normalized spacial score (nSPS) is 21.9. The van der Waals surface area contributed by atoms with E-state index in [-0.39, 0.29) is 5.79 Å². The summed E-state index contributed by atoms with van der Waals surface area (Å²) in [4.78, 5) is 0. The van der Waals surface area contributed by atoms with Gasteiger partial charge in [-0.3, -0.25) is 0 Å². The predicted octanol–water partition coefficient (Wildman–Crippen LogP) is 3.72.